The molecule has 0 radical (unpaired) electrons. The molecule has 16 heavy (non-hydrogen) atoms. The van der Waals surface area contributed by atoms with Gasteiger partial charge in [-0.2, -0.15) is 5.26 Å². The van der Waals surface area contributed by atoms with Crippen LogP contribution < -0.4 is 10.6 Å². The molecule has 1 aromatic carbocycles. The van der Waals surface area contributed by atoms with Crippen LogP contribution in [-0.2, 0) is 4.74 Å². The molecule has 4 heteroatoms. The SMILES string of the molecule is C[C@H](N)C1=CN(c2cccc(C#N)c2)CO1. The number of ether oxygens (including phenoxy) is 1. The first-order valence-corrected chi connectivity index (χ1v) is 5.07. The second-order valence-electron chi connectivity index (χ2n) is 3.73. The van der Waals surface area contributed by atoms with Crippen LogP contribution in [0.5, 0.6) is 0 Å². The van der Waals surface area contributed by atoms with Gasteiger partial charge in [-0.3, -0.25) is 0 Å². The molecule has 0 aliphatic carbocycles. The highest BCUT2D eigenvalue weighted by Crippen LogP contribution is 2.22. The van der Waals surface area contributed by atoms with E-state index in [0.29, 0.717) is 12.3 Å². The van der Waals surface area contributed by atoms with E-state index < -0.39 is 0 Å². The Labute approximate surface area is 94.5 Å². The monoisotopic (exact) mass is 215 g/mol. The van der Waals surface area contributed by atoms with E-state index in [1.54, 1.807) is 6.07 Å². The molecule has 0 saturated carbocycles. The van der Waals surface area contributed by atoms with Gasteiger partial charge in [0.15, 0.2) is 6.73 Å². The highest BCUT2D eigenvalue weighted by molar-refractivity contribution is 5.54. The van der Waals surface area contributed by atoms with Crippen molar-refractivity contribution in [1.82, 2.24) is 0 Å². The van der Waals surface area contributed by atoms with Crippen molar-refractivity contribution in [2.24, 2.45) is 5.73 Å². The lowest BCUT2D eigenvalue weighted by atomic mass is 10.2. The van der Waals surface area contributed by atoms with Crippen LogP contribution in [0.1, 0.15) is 12.5 Å². The molecule has 2 N–H and O–H groups in total. The second-order valence-corrected chi connectivity index (χ2v) is 3.73. The topological polar surface area (TPSA) is 62.3 Å². The van der Waals surface area contributed by atoms with E-state index in [9.17, 15) is 0 Å². The zero-order valence-electron chi connectivity index (χ0n) is 9.05. The summed E-state index contributed by atoms with van der Waals surface area (Å²) in [5.74, 6) is 0.766. The molecule has 2 rings (SSSR count). The van der Waals surface area contributed by atoms with Crippen LogP contribution in [-0.4, -0.2) is 12.8 Å². The van der Waals surface area contributed by atoms with E-state index in [-0.39, 0.29) is 6.04 Å². The zero-order valence-corrected chi connectivity index (χ0v) is 9.05. The minimum absolute atomic E-state index is 0.107. The third kappa shape index (κ3) is 2.00. The smallest absolute Gasteiger partial charge is 0.165 e. The molecule has 0 fully saturated rings. The lowest BCUT2D eigenvalue weighted by molar-refractivity contribution is 0.228. The van der Waals surface area contributed by atoms with E-state index in [1.165, 1.54) is 0 Å². The van der Waals surface area contributed by atoms with Crippen LogP contribution in [0, 0.1) is 11.3 Å². The fourth-order valence-corrected chi connectivity index (χ4v) is 1.52. The van der Waals surface area contributed by atoms with Gasteiger partial charge in [0.2, 0.25) is 0 Å². The van der Waals surface area contributed by atoms with Crippen molar-refractivity contribution in [3.05, 3.63) is 41.8 Å². The summed E-state index contributed by atoms with van der Waals surface area (Å²) >= 11 is 0. The minimum atomic E-state index is -0.107. The van der Waals surface area contributed by atoms with Gasteiger partial charge in [0.05, 0.1) is 17.7 Å². The number of nitrogens with zero attached hydrogens (tertiary/aromatic N) is 2. The summed E-state index contributed by atoms with van der Waals surface area (Å²) in [7, 11) is 0. The van der Waals surface area contributed by atoms with E-state index in [1.807, 2.05) is 36.2 Å². The number of benzene rings is 1. The molecule has 1 aliphatic heterocycles. The van der Waals surface area contributed by atoms with Crippen LogP contribution in [0.25, 0.3) is 0 Å². The van der Waals surface area contributed by atoms with Gasteiger partial charge in [-0.05, 0) is 25.1 Å². The highest BCUT2D eigenvalue weighted by Gasteiger charge is 2.17. The van der Waals surface area contributed by atoms with Gasteiger partial charge in [0.1, 0.15) is 5.76 Å². The van der Waals surface area contributed by atoms with Gasteiger partial charge < -0.3 is 15.4 Å². The quantitative estimate of drug-likeness (QED) is 0.812. The minimum Gasteiger partial charge on any atom is -0.474 e. The molecule has 4 nitrogen and oxygen atoms in total. The van der Waals surface area contributed by atoms with E-state index in [0.717, 1.165) is 11.4 Å². The Morgan fingerprint density at radius 2 is 2.38 bits per heavy atom. The molecule has 0 spiro atoms. The molecular weight excluding hydrogens is 202 g/mol. The van der Waals surface area contributed by atoms with E-state index in [4.69, 9.17) is 15.7 Å². The van der Waals surface area contributed by atoms with Crippen LogP contribution in [0.15, 0.2) is 36.2 Å². The number of hydrogen-bond donors (Lipinski definition) is 1. The summed E-state index contributed by atoms with van der Waals surface area (Å²) in [5.41, 5.74) is 7.30. The van der Waals surface area contributed by atoms with E-state index in [2.05, 4.69) is 6.07 Å². The third-order valence-corrected chi connectivity index (χ3v) is 2.41. The number of hydrogen-bond acceptors (Lipinski definition) is 4. The largest absolute Gasteiger partial charge is 0.474 e. The average Bonchev–Trinajstić information content (AvgIpc) is 2.78. The number of rotatable bonds is 2. The molecule has 1 aromatic rings. The number of anilines is 1. The number of nitriles is 1. The molecule has 0 unspecified atom stereocenters. The van der Waals surface area contributed by atoms with Gasteiger partial charge in [0.25, 0.3) is 0 Å². The Morgan fingerprint density at radius 3 is 3.00 bits per heavy atom. The summed E-state index contributed by atoms with van der Waals surface area (Å²) in [5, 5.41) is 8.81. The van der Waals surface area contributed by atoms with Crippen molar-refractivity contribution < 1.29 is 4.74 Å². The average molecular weight is 215 g/mol. The molecule has 0 amide bonds. The molecule has 0 bridgehead atoms. The Kier molecular flexibility index (Phi) is 2.80. The van der Waals surface area contributed by atoms with Crippen LogP contribution in [0.2, 0.25) is 0 Å². The molecule has 1 atom stereocenters. The normalized spacial score (nSPS) is 16.3. The maximum Gasteiger partial charge on any atom is 0.165 e. The molecule has 0 aromatic heterocycles. The van der Waals surface area contributed by atoms with Gasteiger partial charge >= 0.3 is 0 Å². The summed E-state index contributed by atoms with van der Waals surface area (Å²) in [6.07, 6.45) is 1.88. The van der Waals surface area contributed by atoms with Crippen LogP contribution >= 0.6 is 0 Å². The summed E-state index contributed by atoms with van der Waals surface area (Å²) in [4.78, 5) is 1.93. The molecule has 1 heterocycles. The molecule has 82 valence electrons. The van der Waals surface area contributed by atoms with Crippen molar-refractivity contribution >= 4 is 5.69 Å². The van der Waals surface area contributed by atoms with Crippen molar-refractivity contribution in [2.45, 2.75) is 13.0 Å². The summed E-state index contributed by atoms with van der Waals surface area (Å²) < 4.78 is 5.43. The molecule has 0 saturated heterocycles. The second kappa shape index (κ2) is 4.25. The van der Waals surface area contributed by atoms with Crippen LogP contribution in [0.4, 0.5) is 5.69 Å². The zero-order chi connectivity index (χ0) is 11.5. The lowest BCUT2D eigenvalue weighted by Gasteiger charge is -2.13. The third-order valence-electron chi connectivity index (χ3n) is 2.41. The van der Waals surface area contributed by atoms with E-state index >= 15 is 0 Å². The van der Waals surface area contributed by atoms with Gasteiger partial charge in [-0.25, -0.2) is 0 Å². The Morgan fingerprint density at radius 1 is 1.56 bits per heavy atom. The predicted octanol–water partition coefficient (Wildman–Crippen LogP) is 1.54. The first kappa shape index (κ1) is 10.5. The van der Waals surface area contributed by atoms with Crippen LogP contribution in [0.3, 0.4) is 0 Å². The Hall–Kier alpha value is -1.99. The summed E-state index contributed by atoms with van der Waals surface area (Å²) in [6.45, 7) is 2.33. The van der Waals surface area contributed by atoms with Gasteiger partial charge in [0, 0.05) is 11.9 Å². The fourth-order valence-electron chi connectivity index (χ4n) is 1.52. The van der Waals surface area contributed by atoms with Crippen molar-refractivity contribution in [3.8, 4) is 6.07 Å². The fraction of sp³-hybridized carbons (Fsp3) is 0.250. The standard InChI is InChI=1S/C12H13N3O/c1-9(14)12-7-15(8-16-12)11-4-2-3-10(5-11)6-13/h2-5,7,9H,8,14H2,1H3/t9-/m0/s1. The highest BCUT2D eigenvalue weighted by atomic mass is 16.5. The molecular formula is C12H13N3O. The van der Waals surface area contributed by atoms with Crippen molar-refractivity contribution in [1.29, 1.82) is 5.26 Å². The maximum atomic E-state index is 8.81. The first-order valence-electron chi connectivity index (χ1n) is 5.07. The Balaban J connectivity index is 2.23. The lowest BCUT2D eigenvalue weighted by Crippen LogP contribution is -2.17. The maximum absolute atomic E-state index is 8.81. The van der Waals surface area contributed by atoms with Crippen molar-refractivity contribution in [2.75, 3.05) is 11.6 Å². The predicted molar refractivity (Wildman–Crippen MR) is 61.3 cm³/mol. The molecule has 1 aliphatic rings. The van der Waals surface area contributed by atoms with Gasteiger partial charge in [-0.1, -0.05) is 6.07 Å². The van der Waals surface area contributed by atoms with Gasteiger partial charge in [-0.15, -0.1) is 0 Å². The van der Waals surface area contributed by atoms with Crippen molar-refractivity contribution in [3.63, 3.8) is 0 Å². The summed E-state index contributed by atoms with van der Waals surface area (Å²) in [6, 6.07) is 9.39. The number of nitrogens with two attached hydrogens (primary N) is 1. The first-order chi connectivity index (χ1) is 7.70. The Bertz CT molecular complexity index is 460.